The van der Waals surface area contributed by atoms with Crippen molar-refractivity contribution in [1.29, 1.82) is 0 Å². The van der Waals surface area contributed by atoms with Crippen LogP contribution in [-0.4, -0.2) is 57.5 Å². The van der Waals surface area contributed by atoms with Crippen LogP contribution in [0.15, 0.2) is 18.3 Å². The van der Waals surface area contributed by atoms with Crippen LogP contribution in [0.1, 0.15) is 44.6 Å². The van der Waals surface area contributed by atoms with Gasteiger partial charge in [-0.05, 0) is 43.9 Å². The summed E-state index contributed by atoms with van der Waals surface area (Å²) in [5.41, 5.74) is 0.983. The average Bonchev–Trinajstić information content (AvgIpc) is 3.14. The lowest BCUT2D eigenvalue weighted by atomic mass is 9.99. The summed E-state index contributed by atoms with van der Waals surface area (Å²) in [5.74, 6) is -0.515. The molecule has 1 aromatic rings. The molecule has 0 radical (unpaired) electrons. The van der Waals surface area contributed by atoms with Crippen molar-refractivity contribution in [2.24, 2.45) is 5.92 Å². The molecule has 2 heterocycles. The van der Waals surface area contributed by atoms with Gasteiger partial charge in [-0.3, -0.25) is 19.6 Å². The molecule has 2 rings (SSSR count). The number of likely N-dealkylation sites (tertiary alicyclic amines) is 1. The molecular weight excluding hydrogens is 348 g/mol. The van der Waals surface area contributed by atoms with Crippen molar-refractivity contribution < 1.29 is 19.6 Å². The van der Waals surface area contributed by atoms with Gasteiger partial charge in [0.1, 0.15) is 11.9 Å². The van der Waals surface area contributed by atoms with Crippen molar-refractivity contribution in [3.8, 4) is 0 Å². The van der Waals surface area contributed by atoms with Crippen LogP contribution in [0.4, 0.5) is 5.82 Å². The molecule has 1 aliphatic heterocycles. The van der Waals surface area contributed by atoms with Crippen LogP contribution in [0.25, 0.3) is 0 Å². The van der Waals surface area contributed by atoms with E-state index < -0.39 is 12.0 Å². The van der Waals surface area contributed by atoms with Gasteiger partial charge in [0.05, 0.1) is 12.5 Å². The molecule has 0 aromatic carbocycles. The fourth-order valence-electron chi connectivity index (χ4n) is 3.36. The summed E-state index contributed by atoms with van der Waals surface area (Å²) in [6.07, 6.45) is 5.51. The molecule has 1 saturated heterocycles. The summed E-state index contributed by atoms with van der Waals surface area (Å²) < 4.78 is 0. The monoisotopic (exact) mass is 376 g/mol. The van der Waals surface area contributed by atoms with Crippen molar-refractivity contribution in [2.45, 2.75) is 52.0 Å². The molecule has 3 amide bonds. The van der Waals surface area contributed by atoms with Crippen LogP contribution in [0.5, 0.6) is 0 Å². The predicted octanol–water partition coefficient (Wildman–Crippen LogP) is 1.97. The van der Waals surface area contributed by atoms with Gasteiger partial charge in [0, 0.05) is 12.7 Å². The fraction of sp³-hybridized carbons (Fsp3) is 0.579. The summed E-state index contributed by atoms with van der Waals surface area (Å²) >= 11 is 0. The third-order valence-corrected chi connectivity index (χ3v) is 4.79. The number of unbranched alkanes of at least 4 members (excludes halogenated alkanes) is 1. The minimum absolute atomic E-state index is 0.0629. The fourth-order valence-corrected chi connectivity index (χ4v) is 3.36. The lowest BCUT2D eigenvalue weighted by Crippen LogP contribution is -2.47. The summed E-state index contributed by atoms with van der Waals surface area (Å²) in [4.78, 5) is 42.1. The Hall–Kier alpha value is -2.48. The zero-order valence-electron chi connectivity index (χ0n) is 15.9. The first kappa shape index (κ1) is 20.8. The molecule has 27 heavy (non-hydrogen) atoms. The van der Waals surface area contributed by atoms with E-state index in [2.05, 4.69) is 10.3 Å². The molecule has 8 nitrogen and oxygen atoms in total. The number of hydroxylamine groups is 2. The topological polar surface area (TPSA) is 103 Å². The molecule has 1 aliphatic rings. The van der Waals surface area contributed by atoms with Crippen molar-refractivity contribution >= 4 is 24.0 Å². The van der Waals surface area contributed by atoms with E-state index in [9.17, 15) is 19.6 Å². The van der Waals surface area contributed by atoms with Crippen molar-refractivity contribution in [3.63, 3.8) is 0 Å². The minimum atomic E-state index is -0.563. The van der Waals surface area contributed by atoms with Gasteiger partial charge in [-0.15, -0.1) is 0 Å². The molecule has 0 aliphatic carbocycles. The van der Waals surface area contributed by atoms with E-state index in [1.807, 2.05) is 19.9 Å². The number of amides is 3. The third kappa shape index (κ3) is 5.75. The lowest BCUT2D eigenvalue weighted by Gasteiger charge is -2.29. The Morgan fingerprint density at radius 2 is 2.30 bits per heavy atom. The second-order valence-corrected chi connectivity index (χ2v) is 6.96. The maximum atomic E-state index is 13.0. The summed E-state index contributed by atoms with van der Waals surface area (Å²) in [5, 5.41) is 12.8. The third-order valence-electron chi connectivity index (χ3n) is 4.79. The van der Waals surface area contributed by atoms with Gasteiger partial charge >= 0.3 is 0 Å². The first-order valence-corrected chi connectivity index (χ1v) is 9.41. The van der Waals surface area contributed by atoms with Crippen LogP contribution in [0.3, 0.4) is 0 Å². The van der Waals surface area contributed by atoms with E-state index in [-0.39, 0.29) is 18.4 Å². The first-order valence-electron chi connectivity index (χ1n) is 9.41. The van der Waals surface area contributed by atoms with E-state index in [4.69, 9.17) is 0 Å². The Bertz CT molecular complexity index is 667. The number of nitrogens with one attached hydrogen (secondary N) is 1. The maximum absolute atomic E-state index is 13.0. The van der Waals surface area contributed by atoms with E-state index in [0.29, 0.717) is 36.7 Å². The molecule has 0 spiro atoms. The van der Waals surface area contributed by atoms with Gasteiger partial charge in [-0.1, -0.05) is 19.8 Å². The molecule has 8 heteroatoms. The van der Waals surface area contributed by atoms with Crippen LogP contribution in [0.2, 0.25) is 0 Å². The molecule has 2 atom stereocenters. The van der Waals surface area contributed by atoms with Gasteiger partial charge < -0.3 is 10.2 Å². The Morgan fingerprint density at radius 1 is 1.52 bits per heavy atom. The number of aryl methyl sites for hydroxylation is 1. The molecular formula is C19H28N4O4. The minimum Gasteiger partial charge on any atom is -0.330 e. The Balaban J connectivity index is 2.08. The molecule has 0 bridgehead atoms. The lowest BCUT2D eigenvalue weighted by molar-refractivity contribution is -0.157. The van der Waals surface area contributed by atoms with Gasteiger partial charge in [0.15, 0.2) is 0 Å². The van der Waals surface area contributed by atoms with Crippen LogP contribution in [-0.2, 0) is 14.4 Å². The molecule has 0 unspecified atom stereocenters. The first-order chi connectivity index (χ1) is 13.0. The molecule has 2 N–H and O–H groups in total. The predicted molar refractivity (Wildman–Crippen MR) is 99.9 cm³/mol. The quantitative estimate of drug-likeness (QED) is 0.390. The Morgan fingerprint density at radius 3 is 2.96 bits per heavy atom. The standard InChI is InChI=1S/C19H28N4O4/c1-3-4-6-15(12-22(27)13-24)19(26)23-10-5-7-16(23)18(25)21-17-11-14(2)8-9-20-17/h8-9,11,13,15-16,27H,3-7,10,12H2,1-2H3,(H,20,21,25)/t15-,16+/m1/s1. The number of rotatable bonds is 9. The summed E-state index contributed by atoms with van der Waals surface area (Å²) in [6, 6.07) is 3.05. The van der Waals surface area contributed by atoms with Crippen LogP contribution in [0, 0.1) is 12.8 Å². The SMILES string of the molecule is CCCC[C@H](CN(O)C=O)C(=O)N1CCC[C@H]1C(=O)Nc1cc(C)ccn1. The normalized spacial score (nSPS) is 17.4. The van der Waals surface area contributed by atoms with Crippen LogP contribution >= 0.6 is 0 Å². The average molecular weight is 376 g/mol. The second kappa shape index (κ2) is 10.0. The molecule has 1 fully saturated rings. The number of carbonyl (C=O) groups is 3. The Labute approximate surface area is 159 Å². The van der Waals surface area contributed by atoms with Gasteiger partial charge in [-0.25, -0.2) is 10.0 Å². The van der Waals surface area contributed by atoms with E-state index in [0.717, 1.165) is 24.8 Å². The number of hydrogen-bond acceptors (Lipinski definition) is 5. The zero-order chi connectivity index (χ0) is 19.8. The number of pyridine rings is 1. The number of nitrogens with zero attached hydrogens (tertiary/aromatic N) is 3. The highest BCUT2D eigenvalue weighted by Crippen LogP contribution is 2.23. The number of aromatic nitrogens is 1. The zero-order valence-corrected chi connectivity index (χ0v) is 15.9. The summed E-state index contributed by atoms with van der Waals surface area (Å²) in [6.45, 7) is 4.35. The number of anilines is 1. The maximum Gasteiger partial charge on any atom is 0.248 e. The smallest absolute Gasteiger partial charge is 0.248 e. The highest BCUT2D eigenvalue weighted by molar-refractivity contribution is 5.97. The van der Waals surface area contributed by atoms with Gasteiger partial charge in [0.2, 0.25) is 18.2 Å². The van der Waals surface area contributed by atoms with E-state index >= 15 is 0 Å². The Kier molecular flexibility index (Phi) is 7.72. The van der Waals surface area contributed by atoms with Gasteiger partial charge in [0.25, 0.3) is 0 Å². The largest absolute Gasteiger partial charge is 0.330 e. The number of hydrogen-bond donors (Lipinski definition) is 2. The highest BCUT2D eigenvalue weighted by Gasteiger charge is 2.37. The van der Waals surface area contributed by atoms with Crippen molar-refractivity contribution in [1.82, 2.24) is 14.9 Å². The van der Waals surface area contributed by atoms with Crippen molar-refractivity contribution in [3.05, 3.63) is 23.9 Å². The van der Waals surface area contributed by atoms with Crippen molar-refractivity contribution in [2.75, 3.05) is 18.4 Å². The summed E-state index contributed by atoms with van der Waals surface area (Å²) in [7, 11) is 0. The van der Waals surface area contributed by atoms with Gasteiger partial charge in [-0.2, -0.15) is 0 Å². The second-order valence-electron chi connectivity index (χ2n) is 6.96. The van der Waals surface area contributed by atoms with Crippen LogP contribution < -0.4 is 5.32 Å². The molecule has 0 saturated carbocycles. The highest BCUT2D eigenvalue weighted by atomic mass is 16.5. The molecule has 1 aromatic heterocycles. The van der Waals surface area contributed by atoms with E-state index in [1.54, 1.807) is 17.2 Å². The molecule has 148 valence electrons. The van der Waals surface area contributed by atoms with E-state index in [1.165, 1.54) is 0 Å². The number of carbonyl (C=O) groups excluding carboxylic acids is 3.